The predicted molar refractivity (Wildman–Crippen MR) is 66.0 cm³/mol. The van der Waals surface area contributed by atoms with Gasteiger partial charge in [-0.2, -0.15) is 0 Å². The molecule has 1 fully saturated rings. The Morgan fingerprint density at radius 3 is 2.50 bits per heavy atom. The second-order valence-corrected chi connectivity index (χ2v) is 6.11. The molecule has 0 radical (unpaired) electrons. The first-order valence-electron chi connectivity index (χ1n) is 5.39. The third-order valence-electron chi connectivity index (χ3n) is 2.70. The molecule has 1 rings (SSSR count). The molecular weight excluding hydrogens is 192 g/mol. The summed E-state index contributed by atoms with van der Waals surface area (Å²) in [6, 6.07) is 0.416. The van der Waals surface area contributed by atoms with E-state index in [2.05, 4.69) is 39.9 Å². The van der Waals surface area contributed by atoms with Gasteiger partial charge in [0.1, 0.15) is 0 Å². The van der Waals surface area contributed by atoms with Crippen LogP contribution in [0.4, 0.5) is 0 Å². The van der Waals surface area contributed by atoms with E-state index in [-0.39, 0.29) is 5.54 Å². The van der Waals surface area contributed by atoms with Crippen LogP contribution in [0.5, 0.6) is 0 Å². The Morgan fingerprint density at radius 2 is 2.00 bits per heavy atom. The van der Waals surface area contributed by atoms with Crippen LogP contribution in [0.25, 0.3) is 0 Å². The van der Waals surface area contributed by atoms with E-state index in [4.69, 9.17) is 4.99 Å². The summed E-state index contributed by atoms with van der Waals surface area (Å²) >= 11 is 1.85. The van der Waals surface area contributed by atoms with Gasteiger partial charge in [0, 0.05) is 11.3 Å². The van der Waals surface area contributed by atoms with Crippen LogP contribution >= 0.6 is 11.8 Å². The summed E-state index contributed by atoms with van der Waals surface area (Å²) in [6.45, 7) is 11.1. The van der Waals surface area contributed by atoms with Crippen molar-refractivity contribution in [3.8, 4) is 0 Å². The topological polar surface area (TPSA) is 24.4 Å². The second-order valence-electron chi connectivity index (χ2n) is 5.03. The number of hydrogen-bond acceptors (Lipinski definition) is 2. The summed E-state index contributed by atoms with van der Waals surface area (Å²) in [5.74, 6) is 1.80. The van der Waals surface area contributed by atoms with Gasteiger partial charge in [-0.15, -0.1) is 0 Å². The minimum absolute atomic E-state index is 0.223. The molecule has 0 spiro atoms. The lowest BCUT2D eigenvalue weighted by Gasteiger charge is -2.33. The Balaban J connectivity index is 2.60. The largest absolute Gasteiger partial charge is 0.360 e. The smallest absolute Gasteiger partial charge is 0.157 e. The molecule has 0 saturated carbocycles. The van der Waals surface area contributed by atoms with Gasteiger partial charge in [0.05, 0.1) is 6.04 Å². The van der Waals surface area contributed by atoms with Gasteiger partial charge in [-0.1, -0.05) is 25.6 Å². The summed E-state index contributed by atoms with van der Waals surface area (Å²) in [5, 5.41) is 4.62. The zero-order chi connectivity index (χ0) is 10.8. The fraction of sp³-hybridized carbons (Fsp3) is 0.909. The Morgan fingerprint density at radius 1 is 1.36 bits per heavy atom. The average Bonchev–Trinajstić information content (AvgIpc) is 2.01. The molecule has 0 aromatic rings. The quantitative estimate of drug-likeness (QED) is 0.764. The Bertz CT molecular complexity index is 221. The molecule has 1 N–H and O–H groups in total. The summed E-state index contributed by atoms with van der Waals surface area (Å²) in [6.07, 6.45) is 1.22. The van der Waals surface area contributed by atoms with Gasteiger partial charge in [0.25, 0.3) is 0 Å². The van der Waals surface area contributed by atoms with Gasteiger partial charge in [-0.05, 0) is 33.1 Å². The van der Waals surface area contributed by atoms with E-state index in [9.17, 15) is 0 Å². The molecule has 0 aromatic heterocycles. The van der Waals surface area contributed by atoms with E-state index < -0.39 is 0 Å². The fourth-order valence-corrected chi connectivity index (χ4v) is 2.59. The number of rotatable bonds is 2. The molecule has 0 amide bonds. The van der Waals surface area contributed by atoms with Crippen LogP contribution in [-0.2, 0) is 0 Å². The minimum Gasteiger partial charge on any atom is -0.360 e. The minimum atomic E-state index is 0.223. The molecule has 1 saturated heterocycles. The van der Waals surface area contributed by atoms with Gasteiger partial charge in [-0.25, -0.2) is 0 Å². The summed E-state index contributed by atoms with van der Waals surface area (Å²) < 4.78 is 0. The highest BCUT2D eigenvalue weighted by Crippen LogP contribution is 2.22. The summed E-state index contributed by atoms with van der Waals surface area (Å²) in [4.78, 5) is 4.70. The summed E-state index contributed by atoms with van der Waals surface area (Å²) in [7, 11) is 0. The predicted octanol–water partition coefficient (Wildman–Crippen LogP) is 2.89. The van der Waals surface area contributed by atoms with Gasteiger partial charge in [-0.3, -0.25) is 4.99 Å². The highest BCUT2D eigenvalue weighted by Gasteiger charge is 2.24. The molecule has 14 heavy (non-hydrogen) atoms. The van der Waals surface area contributed by atoms with Crippen LogP contribution in [0.2, 0.25) is 0 Å². The number of nitrogens with one attached hydrogen (secondary N) is 1. The molecule has 82 valence electrons. The SMILES string of the molecule is CC(C)C(C)N=C1NC(C)(C)CCS1. The molecule has 0 aromatic carbocycles. The van der Waals surface area contributed by atoms with Crippen molar-refractivity contribution in [2.45, 2.75) is 52.6 Å². The number of aliphatic imine (C=N–C) groups is 1. The van der Waals surface area contributed by atoms with Crippen LogP contribution in [-0.4, -0.2) is 22.5 Å². The second kappa shape index (κ2) is 4.56. The normalized spacial score (nSPS) is 26.3. The van der Waals surface area contributed by atoms with Crippen molar-refractivity contribution < 1.29 is 0 Å². The lowest BCUT2D eigenvalue weighted by atomic mass is 10.0. The van der Waals surface area contributed by atoms with Gasteiger partial charge >= 0.3 is 0 Å². The van der Waals surface area contributed by atoms with Crippen molar-refractivity contribution in [3.05, 3.63) is 0 Å². The number of nitrogens with zero attached hydrogens (tertiary/aromatic N) is 1. The van der Waals surface area contributed by atoms with Crippen molar-refractivity contribution >= 4 is 16.9 Å². The number of amidine groups is 1. The van der Waals surface area contributed by atoms with Crippen LogP contribution in [0.3, 0.4) is 0 Å². The van der Waals surface area contributed by atoms with E-state index in [1.54, 1.807) is 0 Å². The summed E-state index contributed by atoms with van der Waals surface area (Å²) in [5.41, 5.74) is 0.223. The molecular formula is C11H22N2S. The van der Waals surface area contributed by atoms with Crippen molar-refractivity contribution in [1.29, 1.82) is 0 Å². The van der Waals surface area contributed by atoms with Crippen molar-refractivity contribution in [2.24, 2.45) is 10.9 Å². The number of thioether (sulfide) groups is 1. The third kappa shape index (κ3) is 3.52. The first-order chi connectivity index (χ1) is 6.41. The Hall–Kier alpha value is -0.180. The molecule has 1 heterocycles. The molecule has 0 bridgehead atoms. The van der Waals surface area contributed by atoms with Gasteiger partial charge in [0.2, 0.25) is 0 Å². The zero-order valence-electron chi connectivity index (χ0n) is 9.92. The maximum atomic E-state index is 4.70. The maximum Gasteiger partial charge on any atom is 0.157 e. The third-order valence-corrected chi connectivity index (χ3v) is 3.59. The van der Waals surface area contributed by atoms with Crippen LogP contribution in [0.1, 0.15) is 41.0 Å². The van der Waals surface area contributed by atoms with Crippen LogP contribution < -0.4 is 5.32 Å². The van der Waals surface area contributed by atoms with E-state index in [0.29, 0.717) is 12.0 Å². The standard InChI is InChI=1S/C11H22N2S/c1-8(2)9(3)12-10-13-11(4,5)6-7-14-10/h8-9H,6-7H2,1-5H3,(H,12,13). The zero-order valence-corrected chi connectivity index (χ0v) is 10.7. The molecule has 1 atom stereocenters. The monoisotopic (exact) mass is 214 g/mol. The first kappa shape index (κ1) is 11.9. The molecule has 1 aliphatic rings. The van der Waals surface area contributed by atoms with Crippen molar-refractivity contribution in [3.63, 3.8) is 0 Å². The first-order valence-corrected chi connectivity index (χ1v) is 6.38. The highest BCUT2D eigenvalue weighted by atomic mass is 32.2. The lowest BCUT2D eigenvalue weighted by molar-refractivity contribution is 0.442. The van der Waals surface area contributed by atoms with E-state index in [1.165, 1.54) is 12.2 Å². The maximum absolute atomic E-state index is 4.70. The highest BCUT2D eigenvalue weighted by molar-refractivity contribution is 8.13. The van der Waals surface area contributed by atoms with E-state index in [1.807, 2.05) is 11.8 Å². The van der Waals surface area contributed by atoms with Gasteiger partial charge < -0.3 is 5.32 Å². The van der Waals surface area contributed by atoms with E-state index in [0.717, 1.165) is 5.17 Å². The average molecular weight is 214 g/mol. The van der Waals surface area contributed by atoms with Crippen LogP contribution in [0.15, 0.2) is 4.99 Å². The molecule has 2 nitrogen and oxygen atoms in total. The Labute approximate surface area is 92.0 Å². The van der Waals surface area contributed by atoms with E-state index >= 15 is 0 Å². The fourth-order valence-electron chi connectivity index (χ4n) is 1.19. The molecule has 0 aliphatic carbocycles. The van der Waals surface area contributed by atoms with Gasteiger partial charge in [0.15, 0.2) is 5.17 Å². The Kier molecular flexibility index (Phi) is 3.87. The number of hydrogen-bond donors (Lipinski definition) is 1. The molecule has 1 aliphatic heterocycles. The van der Waals surface area contributed by atoms with Crippen molar-refractivity contribution in [2.75, 3.05) is 5.75 Å². The van der Waals surface area contributed by atoms with Crippen LogP contribution in [0, 0.1) is 5.92 Å². The molecule has 1 unspecified atom stereocenters. The molecule has 3 heteroatoms. The lowest BCUT2D eigenvalue weighted by Crippen LogP contribution is -2.46. The van der Waals surface area contributed by atoms with Crippen molar-refractivity contribution in [1.82, 2.24) is 5.32 Å².